The molecule has 2 aromatic carbocycles. The van der Waals surface area contributed by atoms with Crippen LogP contribution in [0.4, 0.5) is 0 Å². The van der Waals surface area contributed by atoms with E-state index in [1.807, 2.05) is 50.5 Å². The third-order valence-corrected chi connectivity index (χ3v) is 5.55. The number of carbonyl (C=O) groups is 1. The number of hydrogen-bond acceptors (Lipinski definition) is 3. The van der Waals surface area contributed by atoms with Gasteiger partial charge < -0.3 is 15.6 Å². The van der Waals surface area contributed by atoms with Crippen LogP contribution in [-0.4, -0.2) is 22.0 Å². The van der Waals surface area contributed by atoms with Gasteiger partial charge in [0, 0.05) is 19.6 Å². The number of para-hydroxylation sites is 2. The first-order valence-electron chi connectivity index (χ1n) is 9.58. The van der Waals surface area contributed by atoms with Gasteiger partial charge in [0.25, 0.3) is 0 Å². The largest absolute Gasteiger partial charge is 0.352 e. The number of nitrogens with two attached hydrogens (primary N) is 1. The van der Waals surface area contributed by atoms with Crippen molar-refractivity contribution in [2.45, 2.75) is 39.8 Å². The van der Waals surface area contributed by atoms with Crippen molar-refractivity contribution in [1.82, 2.24) is 14.9 Å². The van der Waals surface area contributed by atoms with Gasteiger partial charge >= 0.3 is 0 Å². The van der Waals surface area contributed by atoms with Gasteiger partial charge in [-0.2, -0.15) is 0 Å². The molecule has 5 heteroatoms. The SMILES string of the molecule is CCC(CC)(CN)C(=O)NCc1cccc(Cn2cnc3ccccc32)c1. The van der Waals surface area contributed by atoms with Gasteiger partial charge in [0.1, 0.15) is 0 Å². The maximum absolute atomic E-state index is 12.6. The zero-order valence-corrected chi connectivity index (χ0v) is 16.1. The fourth-order valence-corrected chi connectivity index (χ4v) is 3.49. The van der Waals surface area contributed by atoms with Crippen LogP contribution in [0.3, 0.4) is 0 Å². The van der Waals surface area contributed by atoms with Gasteiger partial charge in [-0.05, 0) is 36.1 Å². The molecule has 142 valence electrons. The van der Waals surface area contributed by atoms with E-state index in [1.165, 1.54) is 5.56 Å². The summed E-state index contributed by atoms with van der Waals surface area (Å²) in [6.07, 6.45) is 3.37. The first-order chi connectivity index (χ1) is 13.1. The highest BCUT2D eigenvalue weighted by molar-refractivity contribution is 5.82. The molecule has 0 bridgehead atoms. The fourth-order valence-electron chi connectivity index (χ4n) is 3.49. The van der Waals surface area contributed by atoms with Crippen molar-refractivity contribution in [3.63, 3.8) is 0 Å². The van der Waals surface area contributed by atoms with Crippen molar-refractivity contribution in [1.29, 1.82) is 0 Å². The summed E-state index contributed by atoms with van der Waals surface area (Å²) in [4.78, 5) is 17.1. The summed E-state index contributed by atoms with van der Waals surface area (Å²) in [5.41, 5.74) is 9.80. The van der Waals surface area contributed by atoms with E-state index in [4.69, 9.17) is 5.73 Å². The Hall–Kier alpha value is -2.66. The molecule has 0 unspecified atom stereocenters. The van der Waals surface area contributed by atoms with E-state index in [0.717, 1.165) is 36.0 Å². The minimum atomic E-state index is -0.465. The molecule has 1 aromatic heterocycles. The number of nitrogens with zero attached hydrogens (tertiary/aromatic N) is 2. The molecule has 5 nitrogen and oxygen atoms in total. The molecule has 3 rings (SSSR count). The average Bonchev–Trinajstić information content (AvgIpc) is 3.11. The number of rotatable bonds is 8. The smallest absolute Gasteiger partial charge is 0.227 e. The van der Waals surface area contributed by atoms with Gasteiger partial charge in [0.15, 0.2) is 0 Å². The summed E-state index contributed by atoms with van der Waals surface area (Å²) >= 11 is 0. The van der Waals surface area contributed by atoms with E-state index in [-0.39, 0.29) is 5.91 Å². The predicted octanol–water partition coefficient (Wildman–Crippen LogP) is 3.47. The van der Waals surface area contributed by atoms with Crippen molar-refractivity contribution in [3.8, 4) is 0 Å². The zero-order chi connectivity index (χ0) is 19.3. The molecule has 0 aliphatic carbocycles. The molecule has 3 aromatic rings. The molecule has 0 aliphatic rings. The van der Waals surface area contributed by atoms with Crippen LogP contribution in [0, 0.1) is 5.41 Å². The van der Waals surface area contributed by atoms with Gasteiger partial charge in [0.2, 0.25) is 5.91 Å². The van der Waals surface area contributed by atoms with Gasteiger partial charge in [-0.25, -0.2) is 4.98 Å². The lowest BCUT2D eigenvalue weighted by Crippen LogP contribution is -2.45. The highest BCUT2D eigenvalue weighted by Gasteiger charge is 2.32. The molecule has 0 saturated heterocycles. The number of imidazole rings is 1. The van der Waals surface area contributed by atoms with Crippen molar-refractivity contribution in [2.24, 2.45) is 11.1 Å². The normalized spacial score (nSPS) is 11.7. The third kappa shape index (κ3) is 4.03. The van der Waals surface area contributed by atoms with Gasteiger partial charge in [-0.3, -0.25) is 4.79 Å². The molecule has 0 saturated carbocycles. The standard InChI is InChI=1S/C22H28N4O/c1-3-22(4-2,15-23)21(27)24-13-17-8-7-9-18(12-17)14-26-16-25-19-10-5-6-11-20(19)26/h5-12,16H,3-4,13-15,23H2,1-2H3,(H,24,27). The summed E-state index contributed by atoms with van der Waals surface area (Å²) < 4.78 is 2.14. The Balaban J connectivity index is 1.70. The van der Waals surface area contributed by atoms with E-state index in [9.17, 15) is 4.79 Å². The van der Waals surface area contributed by atoms with Crippen LogP contribution in [0.25, 0.3) is 11.0 Å². The molecule has 0 atom stereocenters. The lowest BCUT2D eigenvalue weighted by Gasteiger charge is -2.28. The Morgan fingerprint density at radius 2 is 1.85 bits per heavy atom. The maximum Gasteiger partial charge on any atom is 0.227 e. The summed E-state index contributed by atoms with van der Waals surface area (Å²) in [5, 5.41) is 3.07. The highest BCUT2D eigenvalue weighted by Crippen LogP contribution is 2.25. The minimum absolute atomic E-state index is 0.0426. The number of amides is 1. The Bertz CT molecular complexity index is 903. The van der Waals surface area contributed by atoms with E-state index >= 15 is 0 Å². The Kier molecular flexibility index (Phi) is 5.91. The number of hydrogen-bond donors (Lipinski definition) is 2. The molecule has 0 spiro atoms. The van der Waals surface area contributed by atoms with Crippen molar-refractivity contribution in [3.05, 3.63) is 66.0 Å². The Labute approximate surface area is 160 Å². The summed E-state index contributed by atoms with van der Waals surface area (Å²) in [6.45, 7) is 5.68. The third-order valence-electron chi connectivity index (χ3n) is 5.55. The Morgan fingerprint density at radius 1 is 1.11 bits per heavy atom. The van der Waals surface area contributed by atoms with Crippen LogP contribution < -0.4 is 11.1 Å². The number of nitrogens with one attached hydrogen (secondary N) is 1. The van der Waals surface area contributed by atoms with Crippen molar-refractivity contribution >= 4 is 16.9 Å². The summed E-state index contributed by atoms with van der Waals surface area (Å²) in [6, 6.07) is 16.4. The second-order valence-corrected chi connectivity index (χ2v) is 7.06. The Morgan fingerprint density at radius 3 is 2.59 bits per heavy atom. The van der Waals surface area contributed by atoms with Crippen LogP contribution in [0.2, 0.25) is 0 Å². The number of fused-ring (bicyclic) bond motifs is 1. The van der Waals surface area contributed by atoms with E-state index < -0.39 is 5.41 Å². The monoisotopic (exact) mass is 364 g/mol. The topological polar surface area (TPSA) is 72.9 Å². The lowest BCUT2D eigenvalue weighted by molar-refractivity contribution is -0.131. The quantitative estimate of drug-likeness (QED) is 0.643. The van der Waals surface area contributed by atoms with E-state index in [1.54, 1.807) is 0 Å². The van der Waals surface area contributed by atoms with Crippen LogP contribution in [0.15, 0.2) is 54.9 Å². The summed E-state index contributed by atoms with van der Waals surface area (Å²) in [5.74, 6) is 0.0426. The predicted molar refractivity (Wildman–Crippen MR) is 109 cm³/mol. The molecule has 3 N–H and O–H groups in total. The van der Waals surface area contributed by atoms with Crippen LogP contribution in [0.5, 0.6) is 0 Å². The van der Waals surface area contributed by atoms with E-state index in [0.29, 0.717) is 13.1 Å². The molecule has 1 heterocycles. The van der Waals surface area contributed by atoms with Gasteiger partial charge in [-0.1, -0.05) is 50.2 Å². The highest BCUT2D eigenvalue weighted by atomic mass is 16.2. The van der Waals surface area contributed by atoms with Gasteiger partial charge in [-0.15, -0.1) is 0 Å². The second-order valence-electron chi connectivity index (χ2n) is 7.06. The zero-order valence-electron chi connectivity index (χ0n) is 16.1. The van der Waals surface area contributed by atoms with E-state index in [2.05, 4.69) is 33.1 Å². The van der Waals surface area contributed by atoms with Crippen molar-refractivity contribution in [2.75, 3.05) is 6.54 Å². The molecular weight excluding hydrogens is 336 g/mol. The van der Waals surface area contributed by atoms with Crippen LogP contribution in [0.1, 0.15) is 37.8 Å². The molecular formula is C22H28N4O. The first kappa shape index (κ1) is 19.1. The molecule has 0 radical (unpaired) electrons. The molecule has 1 amide bonds. The maximum atomic E-state index is 12.6. The average molecular weight is 364 g/mol. The minimum Gasteiger partial charge on any atom is -0.352 e. The fraction of sp³-hybridized carbons (Fsp3) is 0.364. The van der Waals surface area contributed by atoms with Crippen LogP contribution in [-0.2, 0) is 17.9 Å². The van der Waals surface area contributed by atoms with Crippen LogP contribution >= 0.6 is 0 Å². The summed E-state index contributed by atoms with van der Waals surface area (Å²) in [7, 11) is 0. The number of carbonyl (C=O) groups excluding carboxylic acids is 1. The second kappa shape index (κ2) is 8.35. The van der Waals surface area contributed by atoms with Gasteiger partial charge in [0.05, 0.1) is 22.8 Å². The molecule has 0 aliphatic heterocycles. The lowest BCUT2D eigenvalue weighted by atomic mass is 9.81. The number of benzene rings is 2. The first-order valence-corrected chi connectivity index (χ1v) is 9.58. The molecule has 27 heavy (non-hydrogen) atoms. The molecule has 0 fully saturated rings. The number of aromatic nitrogens is 2. The van der Waals surface area contributed by atoms with Crippen molar-refractivity contribution < 1.29 is 4.79 Å².